The molecule has 1 heterocycles. The van der Waals surface area contributed by atoms with Crippen LogP contribution in [0.15, 0.2) is 0 Å². The Hall–Kier alpha value is -0.530. The van der Waals surface area contributed by atoms with Gasteiger partial charge in [-0.2, -0.15) is 0 Å². The van der Waals surface area contributed by atoms with Crippen molar-refractivity contribution < 1.29 is 9.53 Å². The van der Waals surface area contributed by atoms with Crippen molar-refractivity contribution in [1.82, 2.24) is 0 Å². The summed E-state index contributed by atoms with van der Waals surface area (Å²) < 4.78 is 4.96. The van der Waals surface area contributed by atoms with Crippen LogP contribution in [0, 0.1) is 5.41 Å². The molecule has 10 heavy (non-hydrogen) atoms. The third kappa shape index (κ3) is 0.746. The largest absolute Gasteiger partial charge is 0.461 e. The normalized spacial score (nSPS) is 38.7. The molecule has 1 rings (SSSR count). The molecule has 1 fully saturated rings. The second kappa shape index (κ2) is 2.26. The molecular formula is C8H14O2. The summed E-state index contributed by atoms with van der Waals surface area (Å²) in [5, 5.41) is 0. The lowest BCUT2D eigenvalue weighted by Gasteiger charge is -2.43. The highest BCUT2D eigenvalue weighted by atomic mass is 16.6. The fourth-order valence-corrected chi connectivity index (χ4v) is 1.37. The van der Waals surface area contributed by atoms with E-state index in [4.69, 9.17) is 4.74 Å². The number of carbonyl (C=O) groups is 1. The first-order chi connectivity index (χ1) is 4.65. The smallest absolute Gasteiger partial charge is 0.315 e. The zero-order chi connectivity index (χ0) is 7.78. The molecule has 2 heteroatoms. The first-order valence-corrected chi connectivity index (χ1v) is 3.86. The molecule has 2 nitrogen and oxygen atoms in total. The highest BCUT2D eigenvalue weighted by molar-refractivity contribution is 5.82. The average molecular weight is 142 g/mol. The highest BCUT2D eigenvalue weighted by Crippen LogP contribution is 2.40. The maximum Gasteiger partial charge on any atom is 0.315 e. The Morgan fingerprint density at radius 1 is 1.60 bits per heavy atom. The van der Waals surface area contributed by atoms with Crippen molar-refractivity contribution in [3.8, 4) is 0 Å². The van der Waals surface area contributed by atoms with E-state index in [1.165, 1.54) is 0 Å². The van der Waals surface area contributed by atoms with Crippen LogP contribution in [0.25, 0.3) is 0 Å². The van der Waals surface area contributed by atoms with E-state index in [0.29, 0.717) is 0 Å². The first-order valence-electron chi connectivity index (χ1n) is 3.86. The highest BCUT2D eigenvalue weighted by Gasteiger charge is 2.51. The lowest BCUT2D eigenvalue weighted by Crippen LogP contribution is -2.53. The second-order valence-corrected chi connectivity index (χ2v) is 3.07. The zero-order valence-electron chi connectivity index (χ0n) is 6.81. The molecule has 0 N–H and O–H groups in total. The molecule has 0 spiro atoms. The van der Waals surface area contributed by atoms with Gasteiger partial charge in [0.15, 0.2) is 0 Å². The predicted molar refractivity (Wildman–Crippen MR) is 38.6 cm³/mol. The number of carbonyl (C=O) groups excluding carboxylic acids is 1. The molecule has 0 radical (unpaired) electrons. The van der Waals surface area contributed by atoms with Crippen LogP contribution in [0.3, 0.4) is 0 Å². The molecule has 58 valence electrons. The van der Waals surface area contributed by atoms with E-state index >= 15 is 0 Å². The Morgan fingerprint density at radius 3 is 2.40 bits per heavy atom. The van der Waals surface area contributed by atoms with Gasteiger partial charge in [-0.05, 0) is 19.8 Å². The van der Waals surface area contributed by atoms with Gasteiger partial charge in [0.05, 0.1) is 0 Å². The molecule has 0 aromatic heterocycles. The summed E-state index contributed by atoms with van der Waals surface area (Å²) in [5.41, 5.74) is -0.172. The maximum absolute atomic E-state index is 10.9. The Morgan fingerprint density at radius 2 is 2.20 bits per heavy atom. The topological polar surface area (TPSA) is 26.3 Å². The van der Waals surface area contributed by atoms with Crippen molar-refractivity contribution >= 4 is 5.97 Å². The van der Waals surface area contributed by atoms with E-state index in [9.17, 15) is 4.79 Å². The maximum atomic E-state index is 10.9. The summed E-state index contributed by atoms with van der Waals surface area (Å²) in [5.74, 6) is -0.0261. The Bertz CT molecular complexity index is 153. The Labute approximate surface area is 61.6 Å². The Kier molecular flexibility index (Phi) is 1.71. The molecule has 2 unspecified atom stereocenters. The number of cyclic esters (lactones) is 1. The number of hydrogen-bond donors (Lipinski definition) is 0. The number of rotatable bonds is 2. The minimum atomic E-state index is -0.172. The molecule has 0 bridgehead atoms. The van der Waals surface area contributed by atoms with E-state index in [1.54, 1.807) is 0 Å². The third-order valence-corrected chi connectivity index (χ3v) is 2.53. The van der Waals surface area contributed by atoms with Crippen LogP contribution in [0.4, 0.5) is 0 Å². The molecule has 1 aliphatic heterocycles. The van der Waals surface area contributed by atoms with Crippen LogP contribution in [-0.2, 0) is 9.53 Å². The van der Waals surface area contributed by atoms with Crippen molar-refractivity contribution in [3.63, 3.8) is 0 Å². The SMILES string of the molecule is CCC1OC(=O)C1(C)CC. The quantitative estimate of drug-likeness (QED) is 0.549. The lowest BCUT2D eigenvalue weighted by atomic mass is 9.76. The summed E-state index contributed by atoms with van der Waals surface area (Å²) >= 11 is 0. The van der Waals surface area contributed by atoms with Gasteiger partial charge in [-0.1, -0.05) is 13.8 Å². The molecule has 0 amide bonds. The van der Waals surface area contributed by atoms with Gasteiger partial charge in [0.1, 0.15) is 11.5 Å². The van der Waals surface area contributed by atoms with Gasteiger partial charge in [0, 0.05) is 0 Å². The van der Waals surface area contributed by atoms with Crippen molar-refractivity contribution in [2.24, 2.45) is 5.41 Å². The van der Waals surface area contributed by atoms with Gasteiger partial charge in [0.25, 0.3) is 0 Å². The van der Waals surface area contributed by atoms with Crippen molar-refractivity contribution in [2.45, 2.75) is 39.7 Å². The standard InChI is InChI=1S/C8H14O2/c1-4-6-8(3,5-2)7(9)10-6/h6H,4-5H2,1-3H3. The zero-order valence-corrected chi connectivity index (χ0v) is 6.81. The minimum Gasteiger partial charge on any atom is -0.461 e. The van der Waals surface area contributed by atoms with Crippen molar-refractivity contribution in [1.29, 1.82) is 0 Å². The van der Waals surface area contributed by atoms with Crippen molar-refractivity contribution in [3.05, 3.63) is 0 Å². The van der Waals surface area contributed by atoms with E-state index in [2.05, 4.69) is 0 Å². The monoisotopic (exact) mass is 142 g/mol. The van der Waals surface area contributed by atoms with Gasteiger partial charge in [0.2, 0.25) is 0 Å². The van der Waals surface area contributed by atoms with Gasteiger partial charge in [-0.25, -0.2) is 0 Å². The molecule has 0 saturated carbocycles. The number of ether oxygens (including phenoxy) is 1. The van der Waals surface area contributed by atoms with Crippen LogP contribution in [-0.4, -0.2) is 12.1 Å². The average Bonchev–Trinajstić information content (AvgIpc) is 1.98. The van der Waals surface area contributed by atoms with Crippen LogP contribution in [0.2, 0.25) is 0 Å². The predicted octanol–water partition coefficient (Wildman–Crippen LogP) is 1.74. The van der Waals surface area contributed by atoms with Crippen LogP contribution < -0.4 is 0 Å². The summed E-state index contributed by atoms with van der Waals surface area (Å²) in [7, 11) is 0. The molecular weight excluding hydrogens is 128 g/mol. The molecule has 0 aromatic carbocycles. The first kappa shape index (κ1) is 7.58. The summed E-state index contributed by atoms with van der Waals surface area (Å²) in [4.78, 5) is 10.9. The molecule has 0 aromatic rings. The summed E-state index contributed by atoms with van der Waals surface area (Å²) in [6.45, 7) is 6.06. The van der Waals surface area contributed by atoms with Crippen molar-refractivity contribution in [2.75, 3.05) is 0 Å². The minimum absolute atomic E-state index is 0.0261. The van der Waals surface area contributed by atoms with Gasteiger partial charge in [-0.3, -0.25) is 4.79 Å². The van der Waals surface area contributed by atoms with E-state index < -0.39 is 0 Å². The third-order valence-electron chi connectivity index (χ3n) is 2.53. The van der Waals surface area contributed by atoms with Crippen LogP contribution in [0.5, 0.6) is 0 Å². The van der Waals surface area contributed by atoms with Crippen LogP contribution in [0.1, 0.15) is 33.6 Å². The van der Waals surface area contributed by atoms with Gasteiger partial charge in [-0.15, -0.1) is 0 Å². The molecule has 0 aliphatic carbocycles. The molecule has 1 aliphatic rings. The van der Waals surface area contributed by atoms with E-state index in [-0.39, 0.29) is 17.5 Å². The fraction of sp³-hybridized carbons (Fsp3) is 0.875. The molecule has 1 saturated heterocycles. The summed E-state index contributed by atoms with van der Waals surface area (Å²) in [6.07, 6.45) is 2.01. The summed E-state index contributed by atoms with van der Waals surface area (Å²) in [6, 6.07) is 0. The fourth-order valence-electron chi connectivity index (χ4n) is 1.37. The lowest BCUT2D eigenvalue weighted by molar-refractivity contribution is -0.204. The van der Waals surface area contributed by atoms with Gasteiger partial charge >= 0.3 is 5.97 Å². The van der Waals surface area contributed by atoms with E-state index in [0.717, 1.165) is 12.8 Å². The second-order valence-electron chi connectivity index (χ2n) is 3.07. The Balaban J connectivity index is 2.63. The molecule has 2 atom stereocenters. The van der Waals surface area contributed by atoms with Crippen LogP contribution >= 0.6 is 0 Å². The number of hydrogen-bond acceptors (Lipinski definition) is 2. The van der Waals surface area contributed by atoms with E-state index in [1.807, 2.05) is 20.8 Å². The van der Waals surface area contributed by atoms with Gasteiger partial charge < -0.3 is 4.74 Å². The number of esters is 1.